The molecule has 3 heteroatoms. The molecular formula is C21H29ClO2. The van der Waals surface area contributed by atoms with Gasteiger partial charge in [0.1, 0.15) is 0 Å². The molecule has 0 bridgehead atoms. The van der Waals surface area contributed by atoms with Gasteiger partial charge < -0.3 is 0 Å². The van der Waals surface area contributed by atoms with E-state index in [9.17, 15) is 9.59 Å². The highest BCUT2D eigenvalue weighted by atomic mass is 35.5. The molecule has 0 radical (unpaired) electrons. The second-order valence-corrected chi connectivity index (χ2v) is 9.31. The van der Waals surface area contributed by atoms with E-state index < -0.39 is 0 Å². The van der Waals surface area contributed by atoms with Gasteiger partial charge in [-0.2, -0.15) is 0 Å². The molecule has 24 heavy (non-hydrogen) atoms. The lowest BCUT2D eigenvalue weighted by molar-refractivity contribution is -0.118. The van der Waals surface area contributed by atoms with E-state index in [-0.39, 0.29) is 22.0 Å². The maximum Gasteiger partial charge on any atom is 0.197 e. The van der Waals surface area contributed by atoms with E-state index in [1.165, 1.54) is 44.3 Å². The summed E-state index contributed by atoms with van der Waals surface area (Å²) in [6, 6.07) is 0. The number of carbonyl (C=O) groups is 2. The molecule has 0 N–H and O–H groups in total. The first-order valence-electron chi connectivity index (χ1n) is 9.35. The van der Waals surface area contributed by atoms with Gasteiger partial charge in [-0.3, -0.25) is 9.59 Å². The molecule has 0 saturated heterocycles. The van der Waals surface area contributed by atoms with E-state index in [2.05, 4.69) is 27.7 Å². The molecule has 0 amide bonds. The molecule has 2 fully saturated rings. The number of carbonyl (C=O) groups excluding carboxylic acids is 2. The molecule has 2 nitrogen and oxygen atoms in total. The van der Waals surface area contributed by atoms with Crippen LogP contribution in [0.2, 0.25) is 0 Å². The van der Waals surface area contributed by atoms with Crippen molar-refractivity contribution in [3.05, 3.63) is 22.8 Å². The molecule has 3 aliphatic carbocycles. The summed E-state index contributed by atoms with van der Waals surface area (Å²) in [4.78, 5) is 24.3. The number of hydrogen-bond donors (Lipinski definition) is 0. The molecule has 132 valence electrons. The van der Waals surface area contributed by atoms with Crippen LogP contribution in [0, 0.1) is 28.6 Å². The Labute approximate surface area is 150 Å². The second-order valence-electron chi connectivity index (χ2n) is 8.90. The van der Waals surface area contributed by atoms with Crippen LogP contribution in [0.1, 0.15) is 66.2 Å². The van der Waals surface area contributed by atoms with Crippen LogP contribution in [0.4, 0.5) is 0 Å². The molecule has 2 saturated carbocycles. The van der Waals surface area contributed by atoms with Gasteiger partial charge in [-0.05, 0) is 60.3 Å². The number of fused-ring (bicyclic) bond motifs is 1. The summed E-state index contributed by atoms with van der Waals surface area (Å²) in [7, 11) is 0. The average Bonchev–Trinajstić information content (AvgIpc) is 2.51. The molecule has 0 heterocycles. The van der Waals surface area contributed by atoms with Crippen LogP contribution in [-0.2, 0) is 9.59 Å². The van der Waals surface area contributed by atoms with Crippen LogP contribution in [0.15, 0.2) is 22.8 Å². The Kier molecular flexibility index (Phi) is 4.57. The highest BCUT2D eigenvalue weighted by Crippen LogP contribution is 2.63. The molecule has 5 atom stereocenters. The minimum atomic E-state index is -0.224. The lowest BCUT2D eigenvalue weighted by atomic mass is 9.44. The Morgan fingerprint density at radius 3 is 2.46 bits per heavy atom. The van der Waals surface area contributed by atoms with Crippen molar-refractivity contribution in [1.29, 1.82) is 0 Å². The van der Waals surface area contributed by atoms with Gasteiger partial charge in [0.05, 0.1) is 5.03 Å². The van der Waals surface area contributed by atoms with Crippen LogP contribution < -0.4 is 0 Å². The maximum absolute atomic E-state index is 12.4. The van der Waals surface area contributed by atoms with Gasteiger partial charge in [-0.1, -0.05) is 52.1 Å². The Morgan fingerprint density at radius 2 is 1.75 bits per heavy atom. The van der Waals surface area contributed by atoms with E-state index in [0.717, 1.165) is 5.92 Å². The van der Waals surface area contributed by atoms with E-state index >= 15 is 0 Å². The van der Waals surface area contributed by atoms with Crippen molar-refractivity contribution >= 4 is 23.2 Å². The van der Waals surface area contributed by atoms with Crippen LogP contribution in [0.3, 0.4) is 0 Å². The fourth-order valence-electron chi connectivity index (χ4n) is 5.76. The van der Waals surface area contributed by atoms with Gasteiger partial charge >= 0.3 is 0 Å². The lowest BCUT2D eigenvalue weighted by Crippen LogP contribution is -2.52. The van der Waals surface area contributed by atoms with Gasteiger partial charge in [0.25, 0.3) is 0 Å². The highest BCUT2D eigenvalue weighted by molar-refractivity contribution is 6.47. The van der Waals surface area contributed by atoms with Crippen molar-refractivity contribution < 1.29 is 9.59 Å². The predicted octanol–water partition coefficient (Wildman–Crippen LogP) is 5.46. The van der Waals surface area contributed by atoms with Crippen molar-refractivity contribution in [1.82, 2.24) is 0 Å². The number of allylic oxidation sites excluding steroid dienone is 4. The van der Waals surface area contributed by atoms with Crippen molar-refractivity contribution in [2.75, 3.05) is 0 Å². The van der Waals surface area contributed by atoms with Crippen LogP contribution in [0.5, 0.6) is 0 Å². The summed E-state index contributed by atoms with van der Waals surface area (Å²) in [5.41, 5.74) is 1.08. The quantitative estimate of drug-likeness (QED) is 0.621. The summed E-state index contributed by atoms with van der Waals surface area (Å²) in [5.74, 6) is 1.60. The summed E-state index contributed by atoms with van der Waals surface area (Å²) in [6.45, 7) is 9.55. The lowest BCUT2D eigenvalue weighted by Gasteiger charge is -2.60. The van der Waals surface area contributed by atoms with Crippen LogP contribution >= 0.6 is 11.6 Å². The first-order chi connectivity index (χ1) is 11.2. The predicted molar refractivity (Wildman–Crippen MR) is 97.8 cm³/mol. The Morgan fingerprint density at radius 1 is 1.04 bits per heavy atom. The monoisotopic (exact) mass is 348 g/mol. The highest BCUT2D eigenvalue weighted by Gasteiger charge is 2.55. The van der Waals surface area contributed by atoms with E-state index in [1.807, 2.05) is 0 Å². The van der Waals surface area contributed by atoms with Crippen LogP contribution in [0.25, 0.3) is 0 Å². The summed E-state index contributed by atoms with van der Waals surface area (Å²) in [5, 5.41) is 0.0433. The summed E-state index contributed by atoms with van der Waals surface area (Å²) < 4.78 is 0. The molecular weight excluding hydrogens is 320 g/mol. The standard InChI is InChI=1S/C21H29ClO2/c1-13-6-5-7-19-20(13,3)9-8-14(2)21(19,4)12-15-10-18(24)16(22)11-17(15)23/h10-11,13-14,19H,5-9,12H2,1-4H3/t13?,14-,19+,20+,21+/m0/s1. The first-order valence-corrected chi connectivity index (χ1v) is 9.72. The minimum absolute atomic E-state index is 0.0433. The smallest absolute Gasteiger partial charge is 0.197 e. The summed E-state index contributed by atoms with van der Waals surface area (Å²) >= 11 is 5.83. The first kappa shape index (κ1) is 17.9. The van der Waals surface area contributed by atoms with Gasteiger partial charge in [-0.15, -0.1) is 0 Å². The SMILES string of the molecule is CC1CCC[C@H]2[C@](C)(CC3=CC(=O)C(Cl)=CC3=O)[C@@H](C)CC[C@]12C. The van der Waals surface area contributed by atoms with E-state index in [4.69, 9.17) is 11.6 Å². The average molecular weight is 349 g/mol. The molecule has 0 spiro atoms. The van der Waals surface area contributed by atoms with Crippen molar-refractivity contribution in [3.63, 3.8) is 0 Å². The largest absolute Gasteiger partial charge is 0.290 e. The van der Waals surface area contributed by atoms with E-state index in [1.54, 1.807) is 0 Å². The second kappa shape index (κ2) is 6.12. The Bertz CT molecular complexity index is 632. The van der Waals surface area contributed by atoms with E-state index in [0.29, 0.717) is 29.2 Å². The zero-order valence-electron chi connectivity index (χ0n) is 15.3. The molecule has 0 aromatic rings. The van der Waals surface area contributed by atoms with Crippen LogP contribution in [-0.4, -0.2) is 11.6 Å². The minimum Gasteiger partial charge on any atom is -0.290 e. The third kappa shape index (κ3) is 2.71. The van der Waals surface area contributed by atoms with Crippen molar-refractivity contribution in [2.45, 2.75) is 66.2 Å². The maximum atomic E-state index is 12.4. The molecule has 3 rings (SSSR count). The molecule has 0 aromatic heterocycles. The summed E-state index contributed by atoms with van der Waals surface area (Å²) in [6.07, 6.45) is 9.82. The third-order valence-corrected chi connectivity index (χ3v) is 8.07. The zero-order chi connectivity index (χ0) is 17.7. The number of halogens is 1. The fourth-order valence-corrected chi connectivity index (χ4v) is 5.91. The zero-order valence-corrected chi connectivity index (χ0v) is 16.1. The Hall–Kier alpha value is -0.890. The third-order valence-electron chi connectivity index (χ3n) is 7.78. The number of ketones is 2. The number of hydrogen-bond acceptors (Lipinski definition) is 2. The molecule has 0 aliphatic heterocycles. The normalized spacial score (nSPS) is 43.1. The van der Waals surface area contributed by atoms with Gasteiger partial charge in [0.2, 0.25) is 0 Å². The molecule has 0 aromatic carbocycles. The molecule has 1 unspecified atom stereocenters. The van der Waals surface area contributed by atoms with Crippen molar-refractivity contribution in [3.8, 4) is 0 Å². The van der Waals surface area contributed by atoms with Gasteiger partial charge in [0, 0.05) is 11.6 Å². The van der Waals surface area contributed by atoms with Gasteiger partial charge in [0.15, 0.2) is 11.6 Å². The Balaban J connectivity index is 1.94. The topological polar surface area (TPSA) is 34.1 Å². The van der Waals surface area contributed by atoms with Crippen molar-refractivity contribution in [2.24, 2.45) is 28.6 Å². The fraction of sp³-hybridized carbons (Fsp3) is 0.714. The van der Waals surface area contributed by atoms with Gasteiger partial charge in [-0.25, -0.2) is 0 Å². The molecule has 3 aliphatic rings. The number of rotatable bonds is 2.